The van der Waals surface area contributed by atoms with Crippen LogP contribution in [0.2, 0.25) is 0 Å². The average Bonchev–Trinajstić information content (AvgIpc) is 2.31. The van der Waals surface area contributed by atoms with Gasteiger partial charge >= 0.3 is 5.97 Å². The quantitative estimate of drug-likeness (QED) is 0.409. The normalized spacial score (nSPS) is 14.4. The molecule has 102 valence electrons. The second-order valence-electron chi connectivity index (χ2n) is 4.99. The summed E-state index contributed by atoms with van der Waals surface area (Å²) in [6.45, 7) is 8.40. The summed E-state index contributed by atoms with van der Waals surface area (Å²) in [6, 6.07) is 0. The molecule has 0 saturated heterocycles. The second-order valence-corrected chi connectivity index (χ2v) is 4.99. The molecule has 0 N–H and O–H groups in total. The molecule has 2 atom stereocenters. The van der Waals surface area contributed by atoms with E-state index in [4.69, 9.17) is 4.74 Å². The lowest BCUT2D eigenvalue weighted by atomic mass is 10.0. The van der Waals surface area contributed by atoms with Crippen molar-refractivity contribution in [3.8, 4) is 0 Å². The first-order chi connectivity index (χ1) is 8.15. The van der Waals surface area contributed by atoms with Gasteiger partial charge in [-0.1, -0.05) is 46.5 Å². The van der Waals surface area contributed by atoms with Crippen molar-refractivity contribution in [3.63, 3.8) is 0 Å². The molecule has 2 heteroatoms. The van der Waals surface area contributed by atoms with E-state index in [1.807, 2.05) is 6.92 Å². The maximum atomic E-state index is 11.8. The van der Waals surface area contributed by atoms with Gasteiger partial charge in [0.25, 0.3) is 0 Å². The molecular weight excluding hydrogens is 212 g/mol. The van der Waals surface area contributed by atoms with Crippen LogP contribution in [0.1, 0.15) is 79.1 Å². The third kappa shape index (κ3) is 8.23. The minimum Gasteiger partial charge on any atom is -0.462 e. The van der Waals surface area contributed by atoms with E-state index in [-0.39, 0.29) is 18.0 Å². The molecule has 0 aliphatic heterocycles. The standard InChI is InChI=1S/C15H30O2/c1-5-8-9-10-12-13(4)17-15(16)14(7-3)11-6-2/h13-14H,5-12H2,1-4H3. The number of ether oxygens (including phenoxy) is 1. The van der Waals surface area contributed by atoms with Crippen molar-refractivity contribution in [2.45, 2.75) is 85.2 Å². The van der Waals surface area contributed by atoms with E-state index in [1.54, 1.807) is 0 Å². The lowest BCUT2D eigenvalue weighted by Gasteiger charge is -2.18. The van der Waals surface area contributed by atoms with Crippen LogP contribution < -0.4 is 0 Å². The fourth-order valence-corrected chi connectivity index (χ4v) is 2.05. The van der Waals surface area contributed by atoms with Crippen molar-refractivity contribution in [1.29, 1.82) is 0 Å². The number of carbonyl (C=O) groups is 1. The maximum absolute atomic E-state index is 11.8. The molecule has 0 radical (unpaired) electrons. The number of unbranched alkanes of at least 4 members (excludes halogenated alkanes) is 3. The van der Waals surface area contributed by atoms with Gasteiger partial charge in [-0.15, -0.1) is 0 Å². The molecule has 2 unspecified atom stereocenters. The van der Waals surface area contributed by atoms with Crippen molar-refractivity contribution in [2.24, 2.45) is 5.92 Å². The summed E-state index contributed by atoms with van der Waals surface area (Å²) in [5.41, 5.74) is 0. The van der Waals surface area contributed by atoms with E-state index in [0.29, 0.717) is 0 Å². The SMILES string of the molecule is CCCCCCC(C)OC(=O)C(CC)CCC. The maximum Gasteiger partial charge on any atom is 0.309 e. The Hall–Kier alpha value is -0.530. The van der Waals surface area contributed by atoms with Gasteiger partial charge in [-0.05, 0) is 32.6 Å². The highest BCUT2D eigenvalue weighted by molar-refractivity contribution is 5.72. The molecule has 0 amide bonds. The Morgan fingerprint density at radius 2 is 1.71 bits per heavy atom. The van der Waals surface area contributed by atoms with Gasteiger partial charge in [0.15, 0.2) is 0 Å². The molecule has 0 aliphatic rings. The fourth-order valence-electron chi connectivity index (χ4n) is 2.05. The van der Waals surface area contributed by atoms with Crippen LogP contribution in [-0.4, -0.2) is 12.1 Å². The lowest BCUT2D eigenvalue weighted by Crippen LogP contribution is -2.22. The van der Waals surface area contributed by atoms with Crippen LogP contribution in [0.15, 0.2) is 0 Å². The van der Waals surface area contributed by atoms with E-state index in [0.717, 1.165) is 25.7 Å². The van der Waals surface area contributed by atoms with Gasteiger partial charge in [-0.25, -0.2) is 0 Å². The summed E-state index contributed by atoms with van der Waals surface area (Å²) in [5.74, 6) is 0.121. The summed E-state index contributed by atoms with van der Waals surface area (Å²) in [6.07, 6.45) is 8.97. The predicted molar refractivity (Wildman–Crippen MR) is 73.0 cm³/mol. The van der Waals surface area contributed by atoms with Crippen molar-refractivity contribution in [2.75, 3.05) is 0 Å². The molecule has 0 aromatic carbocycles. The molecular formula is C15H30O2. The Bertz CT molecular complexity index is 189. The van der Waals surface area contributed by atoms with Gasteiger partial charge in [0.2, 0.25) is 0 Å². The largest absolute Gasteiger partial charge is 0.462 e. The Morgan fingerprint density at radius 3 is 2.24 bits per heavy atom. The molecule has 0 fully saturated rings. The third-order valence-corrected chi connectivity index (χ3v) is 3.24. The van der Waals surface area contributed by atoms with Crippen LogP contribution in [0, 0.1) is 5.92 Å². The monoisotopic (exact) mass is 242 g/mol. The molecule has 0 bridgehead atoms. The predicted octanol–water partition coefficient (Wildman–Crippen LogP) is 4.71. The van der Waals surface area contributed by atoms with Crippen LogP contribution in [-0.2, 0) is 9.53 Å². The van der Waals surface area contributed by atoms with Crippen molar-refractivity contribution in [3.05, 3.63) is 0 Å². The highest BCUT2D eigenvalue weighted by atomic mass is 16.5. The molecule has 0 aromatic heterocycles. The molecule has 0 aromatic rings. The summed E-state index contributed by atoms with van der Waals surface area (Å²) in [7, 11) is 0. The van der Waals surface area contributed by atoms with Crippen LogP contribution in [0.5, 0.6) is 0 Å². The number of hydrogen-bond donors (Lipinski definition) is 0. The van der Waals surface area contributed by atoms with E-state index in [9.17, 15) is 4.79 Å². The van der Waals surface area contributed by atoms with Crippen molar-refractivity contribution >= 4 is 5.97 Å². The van der Waals surface area contributed by atoms with Gasteiger partial charge in [0, 0.05) is 0 Å². The average molecular weight is 242 g/mol. The number of esters is 1. The number of carbonyl (C=O) groups excluding carboxylic acids is 1. The lowest BCUT2D eigenvalue weighted by molar-refractivity contribution is -0.154. The van der Waals surface area contributed by atoms with Gasteiger partial charge in [-0.2, -0.15) is 0 Å². The van der Waals surface area contributed by atoms with E-state index in [1.165, 1.54) is 25.7 Å². The number of rotatable bonds is 10. The van der Waals surface area contributed by atoms with Crippen LogP contribution in [0.4, 0.5) is 0 Å². The number of hydrogen-bond acceptors (Lipinski definition) is 2. The van der Waals surface area contributed by atoms with Gasteiger partial charge in [0.1, 0.15) is 0 Å². The summed E-state index contributed by atoms with van der Waals surface area (Å²) >= 11 is 0. The second kappa shape index (κ2) is 10.6. The molecule has 0 spiro atoms. The molecule has 0 rings (SSSR count). The van der Waals surface area contributed by atoms with Crippen molar-refractivity contribution < 1.29 is 9.53 Å². The van der Waals surface area contributed by atoms with Gasteiger partial charge in [-0.3, -0.25) is 4.79 Å². The molecule has 0 saturated carbocycles. The molecule has 0 aliphatic carbocycles. The minimum atomic E-state index is 0.0114. The van der Waals surface area contributed by atoms with Crippen LogP contribution in [0.3, 0.4) is 0 Å². The van der Waals surface area contributed by atoms with E-state index in [2.05, 4.69) is 20.8 Å². The Balaban J connectivity index is 3.77. The summed E-state index contributed by atoms with van der Waals surface area (Å²) < 4.78 is 5.50. The van der Waals surface area contributed by atoms with Crippen molar-refractivity contribution in [1.82, 2.24) is 0 Å². The zero-order valence-corrected chi connectivity index (χ0v) is 12.1. The molecule has 0 heterocycles. The molecule has 17 heavy (non-hydrogen) atoms. The Kier molecular flexibility index (Phi) is 10.3. The molecule has 2 nitrogen and oxygen atoms in total. The fraction of sp³-hybridized carbons (Fsp3) is 0.933. The zero-order chi connectivity index (χ0) is 13.1. The van der Waals surface area contributed by atoms with Crippen LogP contribution >= 0.6 is 0 Å². The third-order valence-electron chi connectivity index (χ3n) is 3.24. The highest BCUT2D eigenvalue weighted by Crippen LogP contribution is 2.15. The Labute approximate surface area is 107 Å². The Morgan fingerprint density at radius 1 is 1.00 bits per heavy atom. The minimum absolute atomic E-state index is 0.0114. The topological polar surface area (TPSA) is 26.3 Å². The van der Waals surface area contributed by atoms with Crippen LogP contribution in [0.25, 0.3) is 0 Å². The van der Waals surface area contributed by atoms with Gasteiger partial charge < -0.3 is 4.74 Å². The summed E-state index contributed by atoms with van der Waals surface area (Å²) in [5, 5.41) is 0. The summed E-state index contributed by atoms with van der Waals surface area (Å²) in [4.78, 5) is 11.8. The van der Waals surface area contributed by atoms with E-state index >= 15 is 0 Å². The first kappa shape index (κ1) is 16.5. The highest BCUT2D eigenvalue weighted by Gasteiger charge is 2.19. The van der Waals surface area contributed by atoms with Gasteiger partial charge in [0.05, 0.1) is 12.0 Å². The first-order valence-electron chi connectivity index (χ1n) is 7.36. The smallest absolute Gasteiger partial charge is 0.309 e. The zero-order valence-electron chi connectivity index (χ0n) is 12.1. The van der Waals surface area contributed by atoms with E-state index < -0.39 is 0 Å². The first-order valence-corrected chi connectivity index (χ1v) is 7.36.